The van der Waals surface area contributed by atoms with Crippen LogP contribution in [0.2, 0.25) is 0 Å². The first-order chi connectivity index (χ1) is 9.67. The van der Waals surface area contributed by atoms with Crippen LogP contribution in [0.15, 0.2) is 21.9 Å². The van der Waals surface area contributed by atoms with Gasteiger partial charge in [-0.2, -0.15) is 8.78 Å². The number of halogens is 2. The van der Waals surface area contributed by atoms with Crippen molar-refractivity contribution in [2.45, 2.75) is 37.9 Å². The van der Waals surface area contributed by atoms with Crippen LogP contribution in [0, 0.1) is 0 Å². The second kappa shape index (κ2) is 7.75. The molecule has 0 aliphatic carbocycles. The van der Waals surface area contributed by atoms with Crippen LogP contribution in [0.4, 0.5) is 8.78 Å². The van der Waals surface area contributed by atoms with E-state index in [9.17, 15) is 8.78 Å². The summed E-state index contributed by atoms with van der Waals surface area (Å²) >= 11 is 2.23. The van der Waals surface area contributed by atoms with Crippen molar-refractivity contribution in [1.29, 1.82) is 0 Å². The second-order valence-corrected chi connectivity index (χ2v) is 6.05. The number of thiazole rings is 1. The van der Waals surface area contributed by atoms with Crippen molar-refractivity contribution in [1.82, 2.24) is 10.3 Å². The number of alkyl halides is 2. The summed E-state index contributed by atoms with van der Waals surface area (Å²) in [6.07, 6.45) is 0.952. The molecule has 1 N–H and O–H groups in total. The van der Waals surface area contributed by atoms with Crippen molar-refractivity contribution in [2.24, 2.45) is 0 Å². The molecule has 0 spiro atoms. The van der Waals surface area contributed by atoms with Gasteiger partial charge in [0.1, 0.15) is 11.5 Å². The van der Waals surface area contributed by atoms with E-state index < -0.39 is 5.76 Å². The van der Waals surface area contributed by atoms with Crippen molar-refractivity contribution in [3.8, 4) is 0 Å². The first-order valence-electron chi connectivity index (χ1n) is 6.28. The van der Waals surface area contributed by atoms with Gasteiger partial charge >= 0.3 is 0 Å². The lowest BCUT2D eigenvalue weighted by Crippen LogP contribution is -2.12. The lowest BCUT2D eigenvalue weighted by molar-refractivity contribution is 0.251. The van der Waals surface area contributed by atoms with E-state index >= 15 is 0 Å². The van der Waals surface area contributed by atoms with Gasteiger partial charge in [-0.3, -0.25) is 0 Å². The molecule has 0 radical (unpaired) electrons. The van der Waals surface area contributed by atoms with Gasteiger partial charge in [0.25, 0.3) is 5.76 Å². The van der Waals surface area contributed by atoms with Gasteiger partial charge in [0, 0.05) is 11.9 Å². The number of nitrogens with one attached hydrogen (secondary N) is 1. The van der Waals surface area contributed by atoms with Crippen LogP contribution in [-0.2, 0) is 25.3 Å². The Bertz CT molecular complexity index is 528. The highest BCUT2D eigenvalue weighted by atomic mass is 32.2. The van der Waals surface area contributed by atoms with Crippen LogP contribution in [0.25, 0.3) is 0 Å². The van der Waals surface area contributed by atoms with Gasteiger partial charge in [-0.15, -0.1) is 11.3 Å². The fourth-order valence-electron chi connectivity index (χ4n) is 1.65. The lowest BCUT2D eigenvalue weighted by Gasteiger charge is -2.00. The first kappa shape index (κ1) is 15.5. The summed E-state index contributed by atoms with van der Waals surface area (Å²) in [6.45, 7) is 3.33. The molecule has 2 heterocycles. The minimum Gasteiger partial charge on any atom is -0.464 e. The van der Waals surface area contributed by atoms with Gasteiger partial charge in [-0.25, -0.2) is 4.98 Å². The maximum absolute atomic E-state index is 12.1. The number of rotatable bonds is 8. The molecule has 0 saturated carbocycles. The Hall–Kier alpha value is -0.920. The molecule has 0 saturated heterocycles. The standard InChI is InChI=1S/C13H16F2N2OS2/c1-2-12-17-9(7-19-12)5-16-6-10-3-4-11(18-10)8-20-13(14)15/h3-4,7,13,16H,2,5-6,8H2,1H3. The zero-order valence-electron chi connectivity index (χ0n) is 11.1. The fourth-order valence-corrected chi connectivity index (χ4v) is 2.84. The molecule has 20 heavy (non-hydrogen) atoms. The van der Waals surface area contributed by atoms with Gasteiger partial charge in [0.2, 0.25) is 0 Å². The largest absolute Gasteiger partial charge is 0.464 e. The smallest absolute Gasteiger partial charge is 0.284 e. The third-order valence-corrected chi connectivity index (χ3v) is 4.32. The monoisotopic (exact) mass is 318 g/mol. The van der Waals surface area contributed by atoms with Crippen LogP contribution in [-0.4, -0.2) is 10.7 Å². The zero-order valence-corrected chi connectivity index (χ0v) is 12.7. The molecule has 0 bridgehead atoms. The van der Waals surface area contributed by atoms with Gasteiger partial charge in [-0.1, -0.05) is 18.7 Å². The minimum absolute atomic E-state index is 0.198. The van der Waals surface area contributed by atoms with Crippen LogP contribution in [0.1, 0.15) is 29.1 Å². The van der Waals surface area contributed by atoms with Crippen molar-refractivity contribution in [3.63, 3.8) is 0 Å². The number of thioether (sulfide) groups is 1. The Morgan fingerprint density at radius 1 is 1.35 bits per heavy atom. The SMILES string of the molecule is CCc1nc(CNCc2ccc(CSC(F)F)o2)cs1. The molecule has 2 aromatic heterocycles. The molecule has 0 unspecified atom stereocenters. The Kier molecular flexibility index (Phi) is 6.00. The average Bonchev–Trinajstić information content (AvgIpc) is 3.05. The Labute approximate surface area is 124 Å². The minimum atomic E-state index is -2.36. The number of hydrogen-bond acceptors (Lipinski definition) is 5. The van der Waals surface area contributed by atoms with E-state index in [4.69, 9.17) is 4.42 Å². The van der Waals surface area contributed by atoms with E-state index in [0.29, 0.717) is 30.6 Å². The number of aryl methyl sites for hydroxylation is 1. The molecule has 2 rings (SSSR count). The topological polar surface area (TPSA) is 38.1 Å². The Morgan fingerprint density at radius 3 is 2.85 bits per heavy atom. The molecule has 0 amide bonds. The predicted molar refractivity (Wildman–Crippen MR) is 78.0 cm³/mol. The van der Waals surface area contributed by atoms with Gasteiger partial charge in [-0.05, 0) is 18.6 Å². The molecule has 7 heteroatoms. The van der Waals surface area contributed by atoms with Crippen LogP contribution in [0.5, 0.6) is 0 Å². The Balaban J connectivity index is 1.73. The second-order valence-electron chi connectivity index (χ2n) is 4.13. The van der Waals surface area contributed by atoms with E-state index in [1.165, 1.54) is 0 Å². The number of aromatic nitrogens is 1. The summed E-state index contributed by atoms with van der Waals surface area (Å²) in [5.41, 5.74) is 1.02. The first-order valence-corrected chi connectivity index (χ1v) is 8.21. The highest BCUT2D eigenvalue weighted by Crippen LogP contribution is 2.21. The van der Waals surface area contributed by atoms with Gasteiger partial charge < -0.3 is 9.73 Å². The molecule has 2 aromatic rings. The average molecular weight is 318 g/mol. The summed E-state index contributed by atoms with van der Waals surface area (Å²) in [6, 6.07) is 3.55. The number of hydrogen-bond donors (Lipinski definition) is 1. The molecule has 3 nitrogen and oxygen atoms in total. The normalized spacial score (nSPS) is 11.4. The molecule has 0 fully saturated rings. The van der Waals surface area contributed by atoms with E-state index in [0.717, 1.165) is 22.9 Å². The number of nitrogens with zero attached hydrogens (tertiary/aromatic N) is 1. The highest BCUT2D eigenvalue weighted by molar-refractivity contribution is 7.98. The van der Waals surface area contributed by atoms with E-state index in [1.54, 1.807) is 17.4 Å². The number of furan rings is 1. The van der Waals surface area contributed by atoms with E-state index in [1.807, 2.05) is 11.4 Å². The molecule has 0 atom stereocenters. The van der Waals surface area contributed by atoms with Crippen LogP contribution < -0.4 is 5.32 Å². The molecular formula is C13H16F2N2OS2. The third kappa shape index (κ3) is 4.88. The molecule has 0 aliphatic heterocycles. The lowest BCUT2D eigenvalue weighted by atomic mass is 10.4. The van der Waals surface area contributed by atoms with Crippen molar-refractivity contribution in [2.75, 3.05) is 0 Å². The fraction of sp³-hybridized carbons (Fsp3) is 0.462. The molecule has 0 aliphatic rings. The summed E-state index contributed by atoms with van der Waals surface area (Å²) < 4.78 is 29.6. The predicted octanol–water partition coefficient (Wildman–Crippen LogP) is 4.04. The van der Waals surface area contributed by atoms with Gasteiger partial charge in [0.05, 0.1) is 23.0 Å². The van der Waals surface area contributed by atoms with Gasteiger partial charge in [0.15, 0.2) is 0 Å². The third-order valence-electron chi connectivity index (χ3n) is 2.58. The summed E-state index contributed by atoms with van der Waals surface area (Å²) in [4.78, 5) is 4.45. The zero-order chi connectivity index (χ0) is 14.4. The Morgan fingerprint density at radius 2 is 2.15 bits per heavy atom. The summed E-state index contributed by atoms with van der Waals surface area (Å²) in [5, 5.41) is 6.40. The summed E-state index contributed by atoms with van der Waals surface area (Å²) in [7, 11) is 0. The molecule has 0 aromatic carbocycles. The van der Waals surface area contributed by atoms with Crippen LogP contribution >= 0.6 is 23.1 Å². The maximum atomic E-state index is 12.1. The maximum Gasteiger partial charge on any atom is 0.284 e. The van der Waals surface area contributed by atoms with E-state index in [-0.39, 0.29) is 5.75 Å². The quantitative estimate of drug-likeness (QED) is 0.797. The molecular weight excluding hydrogens is 302 g/mol. The molecule has 110 valence electrons. The van der Waals surface area contributed by atoms with Crippen molar-refractivity contribution in [3.05, 3.63) is 39.7 Å². The van der Waals surface area contributed by atoms with Crippen molar-refractivity contribution < 1.29 is 13.2 Å². The van der Waals surface area contributed by atoms with Crippen molar-refractivity contribution >= 4 is 23.1 Å². The summed E-state index contributed by atoms with van der Waals surface area (Å²) in [5.74, 6) is -0.835. The van der Waals surface area contributed by atoms with E-state index in [2.05, 4.69) is 17.2 Å². The van der Waals surface area contributed by atoms with Crippen LogP contribution in [0.3, 0.4) is 0 Å². The highest BCUT2D eigenvalue weighted by Gasteiger charge is 2.07.